The number of carbonyl (C=O) groups excluding carboxylic acids is 1. The molecule has 4 heteroatoms. The third kappa shape index (κ3) is 3.20. The van der Waals surface area contributed by atoms with Crippen LogP contribution in [0.1, 0.15) is 27.4 Å². The van der Waals surface area contributed by atoms with Crippen LogP contribution in [-0.2, 0) is 0 Å². The number of hydrogen-bond acceptors (Lipinski definition) is 3. The number of ether oxygens (including phenoxy) is 1. The summed E-state index contributed by atoms with van der Waals surface area (Å²) in [5.41, 5.74) is 1.43. The number of halogens is 1. The molecular weight excluding hydrogens is 320 g/mol. The summed E-state index contributed by atoms with van der Waals surface area (Å²) in [5, 5.41) is 0. The zero-order valence-corrected chi connectivity index (χ0v) is 13.2. The number of aryl methyl sites for hydroxylation is 2. The molecule has 0 saturated carbocycles. The van der Waals surface area contributed by atoms with Crippen molar-refractivity contribution in [3.8, 4) is 5.75 Å². The summed E-state index contributed by atoms with van der Waals surface area (Å²) >= 11 is 3.40. The quantitative estimate of drug-likeness (QED) is 0.607. The second-order valence-corrected chi connectivity index (χ2v) is 5.33. The van der Waals surface area contributed by atoms with Crippen LogP contribution in [0.15, 0.2) is 39.2 Å². The molecule has 0 unspecified atom stereocenters. The van der Waals surface area contributed by atoms with Gasteiger partial charge in [-0.05, 0) is 50.3 Å². The van der Waals surface area contributed by atoms with E-state index in [-0.39, 0.29) is 5.78 Å². The lowest BCUT2D eigenvalue weighted by Crippen LogP contribution is -1.94. The fourth-order valence-electron chi connectivity index (χ4n) is 1.97. The highest BCUT2D eigenvalue weighted by molar-refractivity contribution is 9.10. The van der Waals surface area contributed by atoms with Gasteiger partial charge in [-0.1, -0.05) is 15.9 Å². The average Bonchev–Trinajstić information content (AvgIpc) is 2.75. The molecule has 0 spiro atoms. The summed E-state index contributed by atoms with van der Waals surface area (Å²) in [6, 6.07) is 7.39. The Bertz CT molecular complexity index is 668. The third-order valence-electron chi connectivity index (χ3n) is 2.91. The van der Waals surface area contributed by atoms with Crippen LogP contribution in [0.3, 0.4) is 0 Å². The number of hydrogen-bond donors (Lipinski definition) is 0. The van der Waals surface area contributed by atoms with Crippen molar-refractivity contribution < 1.29 is 13.9 Å². The summed E-state index contributed by atoms with van der Waals surface area (Å²) in [5.74, 6) is 2.01. The monoisotopic (exact) mass is 334 g/mol. The third-order valence-corrected chi connectivity index (χ3v) is 3.41. The number of furan rings is 1. The molecule has 3 nitrogen and oxygen atoms in total. The topological polar surface area (TPSA) is 39.4 Å². The van der Waals surface area contributed by atoms with Crippen molar-refractivity contribution in [3.05, 3.63) is 57.5 Å². The molecule has 2 aromatic rings. The molecule has 1 heterocycles. The zero-order chi connectivity index (χ0) is 14.7. The molecule has 2 rings (SSSR count). The number of methoxy groups -OCH3 is 1. The van der Waals surface area contributed by atoms with Gasteiger partial charge in [-0.2, -0.15) is 0 Å². The maximum Gasteiger partial charge on any atom is 0.189 e. The first-order valence-corrected chi connectivity index (χ1v) is 6.93. The van der Waals surface area contributed by atoms with Crippen molar-refractivity contribution >= 4 is 27.8 Å². The predicted octanol–water partition coefficient (Wildman–Crippen LogP) is 4.56. The zero-order valence-electron chi connectivity index (χ0n) is 11.6. The molecule has 0 aliphatic rings. The van der Waals surface area contributed by atoms with Gasteiger partial charge in [-0.25, -0.2) is 0 Å². The molecule has 0 N–H and O–H groups in total. The molecule has 1 aromatic carbocycles. The second kappa shape index (κ2) is 6.09. The first-order chi connectivity index (χ1) is 9.51. The van der Waals surface area contributed by atoms with E-state index in [0.717, 1.165) is 21.5 Å². The maximum atomic E-state index is 12.1. The highest BCUT2D eigenvalue weighted by atomic mass is 79.9. The van der Waals surface area contributed by atoms with Gasteiger partial charge in [-0.3, -0.25) is 4.79 Å². The molecule has 0 bridgehead atoms. The van der Waals surface area contributed by atoms with Crippen molar-refractivity contribution in [2.75, 3.05) is 7.11 Å². The molecule has 0 fully saturated rings. The van der Waals surface area contributed by atoms with Crippen LogP contribution < -0.4 is 4.74 Å². The molecular formula is C16H15BrO3. The van der Waals surface area contributed by atoms with Gasteiger partial charge in [0.2, 0.25) is 0 Å². The molecule has 104 valence electrons. The molecule has 1 aromatic heterocycles. The SMILES string of the molecule is COc1ccc(Br)cc1/C=C/C(=O)c1cc(C)oc1C. The number of rotatable bonds is 4. The minimum Gasteiger partial charge on any atom is -0.496 e. The summed E-state index contributed by atoms with van der Waals surface area (Å²) in [4.78, 5) is 12.1. The predicted molar refractivity (Wildman–Crippen MR) is 82.2 cm³/mol. The summed E-state index contributed by atoms with van der Waals surface area (Å²) in [6.07, 6.45) is 3.27. The molecule has 0 aliphatic carbocycles. The number of carbonyl (C=O) groups is 1. The summed E-state index contributed by atoms with van der Waals surface area (Å²) < 4.78 is 11.6. The number of ketones is 1. The average molecular weight is 335 g/mol. The fourth-order valence-corrected chi connectivity index (χ4v) is 2.34. The van der Waals surface area contributed by atoms with E-state index in [4.69, 9.17) is 9.15 Å². The first-order valence-electron chi connectivity index (χ1n) is 6.14. The van der Waals surface area contributed by atoms with Crippen LogP contribution in [0.25, 0.3) is 6.08 Å². The van der Waals surface area contributed by atoms with E-state index in [1.807, 2.05) is 25.1 Å². The number of benzene rings is 1. The van der Waals surface area contributed by atoms with Crippen molar-refractivity contribution in [1.82, 2.24) is 0 Å². The maximum absolute atomic E-state index is 12.1. The smallest absolute Gasteiger partial charge is 0.189 e. The van der Waals surface area contributed by atoms with E-state index >= 15 is 0 Å². The highest BCUT2D eigenvalue weighted by Crippen LogP contribution is 2.24. The lowest BCUT2D eigenvalue weighted by molar-refractivity contribution is 0.104. The minimum absolute atomic E-state index is 0.0821. The Kier molecular flexibility index (Phi) is 4.45. The Morgan fingerprint density at radius 2 is 2.05 bits per heavy atom. The van der Waals surface area contributed by atoms with Crippen LogP contribution in [0.5, 0.6) is 5.75 Å². The second-order valence-electron chi connectivity index (χ2n) is 4.41. The van der Waals surface area contributed by atoms with Crippen LogP contribution in [-0.4, -0.2) is 12.9 Å². The number of allylic oxidation sites excluding steroid dienone is 1. The van der Waals surface area contributed by atoms with Crippen LogP contribution in [0.4, 0.5) is 0 Å². The normalized spacial score (nSPS) is 11.0. The molecule has 0 atom stereocenters. The van der Waals surface area contributed by atoms with E-state index < -0.39 is 0 Å². The van der Waals surface area contributed by atoms with E-state index in [1.54, 1.807) is 26.2 Å². The molecule has 0 amide bonds. The van der Waals surface area contributed by atoms with E-state index in [1.165, 1.54) is 6.08 Å². The Labute approximate surface area is 126 Å². The molecule has 0 saturated heterocycles. The summed E-state index contributed by atoms with van der Waals surface area (Å²) in [7, 11) is 1.60. The highest BCUT2D eigenvalue weighted by Gasteiger charge is 2.11. The van der Waals surface area contributed by atoms with Gasteiger partial charge in [0.25, 0.3) is 0 Å². The van der Waals surface area contributed by atoms with Crippen LogP contribution in [0, 0.1) is 13.8 Å². The van der Waals surface area contributed by atoms with Gasteiger partial charge in [0, 0.05) is 10.0 Å². The van der Waals surface area contributed by atoms with E-state index in [2.05, 4.69) is 15.9 Å². The Morgan fingerprint density at radius 3 is 2.65 bits per heavy atom. The fraction of sp³-hybridized carbons (Fsp3) is 0.188. The van der Waals surface area contributed by atoms with Gasteiger partial charge in [-0.15, -0.1) is 0 Å². The Hall–Kier alpha value is -1.81. The van der Waals surface area contributed by atoms with Gasteiger partial charge in [0.15, 0.2) is 5.78 Å². The molecule has 0 radical (unpaired) electrons. The van der Waals surface area contributed by atoms with E-state index in [0.29, 0.717) is 11.3 Å². The Balaban J connectivity index is 2.27. The largest absolute Gasteiger partial charge is 0.496 e. The standard InChI is InChI=1S/C16H15BrO3/c1-10-8-14(11(2)20-10)15(18)6-4-12-9-13(17)5-7-16(12)19-3/h4-9H,1-3H3/b6-4+. The van der Waals surface area contributed by atoms with Gasteiger partial charge >= 0.3 is 0 Å². The van der Waals surface area contributed by atoms with Gasteiger partial charge < -0.3 is 9.15 Å². The van der Waals surface area contributed by atoms with E-state index in [9.17, 15) is 4.79 Å². The molecule has 20 heavy (non-hydrogen) atoms. The van der Waals surface area contributed by atoms with Gasteiger partial charge in [0.1, 0.15) is 17.3 Å². The van der Waals surface area contributed by atoms with Gasteiger partial charge in [0.05, 0.1) is 12.7 Å². The minimum atomic E-state index is -0.0821. The molecule has 0 aliphatic heterocycles. The van der Waals surface area contributed by atoms with Crippen LogP contribution >= 0.6 is 15.9 Å². The van der Waals surface area contributed by atoms with Crippen molar-refractivity contribution in [2.45, 2.75) is 13.8 Å². The van der Waals surface area contributed by atoms with Crippen molar-refractivity contribution in [2.24, 2.45) is 0 Å². The Morgan fingerprint density at radius 1 is 1.30 bits per heavy atom. The van der Waals surface area contributed by atoms with Crippen LogP contribution in [0.2, 0.25) is 0 Å². The lowest BCUT2D eigenvalue weighted by atomic mass is 10.1. The first kappa shape index (κ1) is 14.6. The van der Waals surface area contributed by atoms with Crippen molar-refractivity contribution in [3.63, 3.8) is 0 Å². The lowest BCUT2D eigenvalue weighted by Gasteiger charge is -2.04. The van der Waals surface area contributed by atoms with Crippen molar-refractivity contribution in [1.29, 1.82) is 0 Å². The summed E-state index contributed by atoms with van der Waals surface area (Å²) in [6.45, 7) is 3.61.